The van der Waals surface area contributed by atoms with Gasteiger partial charge in [-0.05, 0) is 20.0 Å². The number of rotatable bonds is 4. The maximum absolute atomic E-state index is 5.55. The molecule has 0 aliphatic heterocycles. The molecule has 8 heavy (non-hydrogen) atoms. The Labute approximate surface area is 50.4 Å². The summed E-state index contributed by atoms with van der Waals surface area (Å²) >= 11 is 0. The third kappa shape index (κ3) is 4.05. The fourth-order valence-electron chi connectivity index (χ4n) is 0.578. The van der Waals surface area contributed by atoms with Crippen LogP contribution < -0.4 is 16.8 Å². The summed E-state index contributed by atoms with van der Waals surface area (Å²) in [4.78, 5) is 0. The van der Waals surface area contributed by atoms with E-state index in [9.17, 15) is 0 Å². The van der Waals surface area contributed by atoms with Crippen LogP contribution >= 0.6 is 0 Å². The lowest BCUT2D eigenvalue weighted by Gasteiger charge is -2.07. The lowest BCUT2D eigenvalue weighted by atomic mass is 10.2. The zero-order valence-corrected chi connectivity index (χ0v) is 5.35. The predicted molar refractivity (Wildman–Crippen MR) is 35.6 cm³/mol. The summed E-state index contributed by atoms with van der Waals surface area (Å²) in [6, 6.07) is 0.227. The first-order valence-electron chi connectivity index (χ1n) is 2.91. The average molecular weight is 117 g/mol. The van der Waals surface area contributed by atoms with Crippen molar-refractivity contribution in [3.05, 3.63) is 0 Å². The minimum Gasteiger partial charge on any atom is -0.330 e. The number of hydrogen-bond acceptors (Lipinski definition) is 3. The highest BCUT2D eigenvalue weighted by atomic mass is 14.9. The SMILES string of the molecule is CNCC(N)CCN. The topological polar surface area (TPSA) is 64.1 Å². The molecule has 3 nitrogen and oxygen atoms in total. The molecule has 5 N–H and O–H groups in total. The molecule has 0 aliphatic carbocycles. The molecule has 0 amide bonds. The van der Waals surface area contributed by atoms with Crippen molar-refractivity contribution in [1.29, 1.82) is 0 Å². The molecule has 0 aromatic carbocycles. The van der Waals surface area contributed by atoms with Gasteiger partial charge in [0.25, 0.3) is 0 Å². The molecule has 0 radical (unpaired) electrons. The van der Waals surface area contributed by atoms with Crippen LogP contribution in [0.4, 0.5) is 0 Å². The van der Waals surface area contributed by atoms with E-state index in [0.717, 1.165) is 13.0 Å². The summed E-state index contributed by atoms with van der Waals surface area (Å²) in [5, 5.41) is 2.97. The van der Waals surface area contributed by atoms with Crippen molar-refractivity contribution in [3.8, 4) is 0 Å². The van der Waals surface area contributed by atoms with Gasteiger partial charge >= 0.3 is 0 Å². The van der Waals surface area contributed by atoms with Crippen molar-refractivity contribution in [3.63, 3.8) is 0 Å². The zero-order chi connectivity index (χ0) is 6.41. The van der Waals surface area contributed by atoms with Crippen LogP contribution in [0.2, 0.25) is 0 Å². The number of likely N-dealkylation sites (N-methyl/N-ethyl adjacent to an activating group) is 1. The Hall–Kier alpha value is -0.120. The third-order valence-electron chi connectivity index (χ3n) is 1.00. The van der Waals surface area contributed by atoms with Crippen molar-refractivity contribution >= 4 is 0 Å². The van der Waals surface area contributed by atoms with Gasteiger partial charge in [-0.15, -0.1) is 0 Å². The zero-order valence-electron chi connectivity index (χ0n) is 5.35. The molecule has 0 saturated carbocycles. The van der Waals surface area contributed by atoms with Gasteiger partial charge in [-0.2, -0.15) is 0 Å². The van der Waals surface area contributed by atoms with E-state index in [-0.39, 0.29) is 6.04 Å². The largest absolute Gasteiger partial charge is 0.330 e. The first-order valence-corrected chi connectivity index (χ1v) is 2.91. The molecular weight excluding hydrogens is 102 g/mol. The maximum Gasteiger partial charge on any atom is 0.0177 e. The molecule has 0 spiro atoms. The van der Waals surface area contributed by atoms with Gasteiger partial charge in [0.15, 0.2) is 0 Å². The van der Waals surface area contributed by atoms with Crippen LogP contribution in [0.1, 0.15) is 6.42 Å². The van der Waals surface area contributed by atoms with Gasteiger partial charge in [-0.1, -0.05) is 0 Å². The van der Waals surface area contributed by atoms with E-state index in [4.69, 9.17) is 11.5 Å². The summed E-state index contributed by atoms with van der Waals surface area (Å²) in [6.07, 6.45) is 0.904. The smallest absolute Gasteiger partial charge is 0.0177 e. The molecular formula is C5H15N3. The van der Waals surface area contributed by atoms with Gasteiger partial charge in [0.05, 0.1) is 0 Å². The molecule has 0 aromatic heterocycles. The highest BCUT2D eigenvalue weighted by Gasteiger charge is 1.95. The molecule has 0 saturated heterocycles. The second kappa shape index (κ2) is 5.03. The van der Waals surface area contributed by atoms with Crippen LogP contribution in [0.15, 0.2) is 0 Å². The molecule has 1 atom stereocenters. The standard InChI is InChI=1S/C5H15N3/c1-8-4-5(7)2-3-6/h5,8H,2-4,6-7H2,1H3. The Morgan fingerprint density at radius 2 is 2.25 bits per heavy atom. The van der Waals surface area contributed by atoms with E-state index in [1.807, 2.05) is 7.05 Å². The van der Waals surface area contributed by atoms with Gasteiger partial charge in [0.2, 0.25) is 0 Å². The monoisotopic (exact) mass is 117 g/mol. The van der Waals surface area contributed by atoms with Crippen LogP contribution in [-0.4, -0.2) is 26.2 Å². The number of hydrogen-bond donors (Lipinski definition) is 3. The van der Waals surface area contributed by atoms with Crippen LogP contribution in [0.3, 0.4) is 0 Å². The lowest BCUT2D eigenvalue weighted by Crippen LogP contribution is -2.33. The Bertz CT molecular complexity index is 40.9. The molecule has 0 bridgehead atoms. The van der Waals surface area contributed by atoms with E-state index < -0.39 is 0 Å². The highest BCUT2D eigenvalue weighted by molar-refractivity contribution is 4.62. The van der Waals surface area contributed by atoms with Crippen molar-refractivity contribution in [2.45, 2.75) is 12.5 Å². The van der Waals surface area contributed by atoms with Crippen LogP contribution in [-0.2, 0) is 0 Å². The van der Waals surface area contributed by atoms with Gasteiger partial charge in [-0.3, -0.25) is 0 Å². The predicted octanol–water partition coefficient (Wildman–Crippen LogP) is -1.12. The summed E-state index contributed by atoms with van der Waals surface area (Å²) < 4.78 is 0. The van der Waals surface area contributed by atoms with Crippen LogP contribution in [0.5, 0.6) is 0 Å². The molecule has 0 rings (SSSR count). The molecule has 0 aliphatic rings. The van der Waals surface area contributed by atoms with Crippen molar-refractivity contribution in [1.82, 2.24) is 5.32 Å². The Morgan fingerprint density at radius 1 is 1.62 bits per heavy atom. The van der Waals surface area contributed by atoms with E-state index in [1.165, 1.54) is 0 Å². The fourth-order valence-corrected chi connectivity index (χ4v) is 0.578. The molecule has 1 unspecified atom stereocenters. The maximum atomic E-state index is 5.55. The normalized spacial score (nSPS) is 13.9. The van der Waals surface area contributed by atoms with Gasteiger partial charge in [0.1, 0.15) is 0 Å². The molecule has 0 heterocycles. The van der Waals surface area contributed by atoms with Crippen molar-refractivity contribution < 1.29 is 0 Å². The van der Waals surface area contributed by atoms with Gasteiger partial charge in [-0.25, -0.2) is 0 Å². The van der Waals surface area contributed by atoms with E-state index in [0.29, 0.717) is 6.54 Å². The molecule has 50 valence electrons. The fraction of sp³-hybridized carbons (Fsp3) is 1.00. The molecule has 3 heteroatoms. The molecule has 0 fully saturated rings. The summed E-state index contributed by atoms with van der Waals surface area (Å²) in [7, 11) is 1.89. The minimum atomic E-state index is 0.227. The first kappa shape index (κ1) is 7.88. The minimum absolute atomic E-state index is 0.227. The second-order valence-corrected chi connectivity index (χ2v) is 1.90. The van der Waals surface area contributed by atoms with Crippen molar-refractivity contribution in [2.75, 3.05) is 20.1 Å². The van der Waals surface area contributed by atoms with Gasteiger partial charge < -0.3 is 16.8 Å². The number of nitrogens with two attached hydrogens (primary N) is 2. The van der Waals surface area contributed by atoms with Crippen LogP contribution in [0.25, 0.3) is 0 Å². The highest BCUT2D eigenvalue weighted by Crippen LogP contribution is 1.79. The van der Waals surface area contributed by atoms with E-state index in [1.54, 1.807) is 0 Å². The Kier molecular flexibility index (Phi) is 4.95. The first-order chi connectivity index (χ1) is 3.81. The Balaban J connectivity index is 2.92. The summed E-state index contributed by atoms with van der Waals surface area (Å²) in [5.41, 5.74) is 10.8. The second-order valence-electron chi connectivity index (χ2n) is 1.90. The quantitative estimate of drug-likeness (QED) is 0.437. The molecule has 0 aromatic rings. The van der Waals surface area contributed by atoms with Crippen molar-refractivity contribution in [2.24, 2.45) is 11.5 Å². The number of nitrogens with one attached hydrogen (secondary N) is 1. The average Bonchev–Trinajstić information content (AvgIpc) is 1.68. The lowest BCUT2D eigenvalue weighted by molar-refractivity contribution is 0.583. The van der Waals surface area contributed by atoms with Gasteiger partial charge in [0, 0.05) is 12.6 Å². The summed E-state index contributed by atoms with van der Waals surface area (Å²) in [6.45, 7) is 1.54. The Morgan fingerprint density at radius 3 is 2.62 bits per heavy atom. The third-order valence-corrected chi connectivity index (χ3v) is 1.00. The summed E-state index contributed by atoms with van der Waals surface area (Å²) in [5.74, 6) is 0. The van der Waals surface area contributed by atoms with Crippen LogP contribution in [0, 0.1) is 0 Å². The van der Waals surface area contributed by atoms with E-state index in [2.05, 4.69) is 5.32 Å². The van der Waals surface area contributed by atoms with E-state index >= 15 is 0 Å².